The third-order valence-corrected chi connectivity index (χ3v) is 4.07. The van der Waals surface area contributed by atoms with E-state index in [1.807, 2.05) is 44.2 Å². The number of rotatable bonds is 6. The van der Waals surface area contributed by atoms with Crippen LogP contribution >= 0.6 is 11.8 Å². The van der Waals surface area contributed by atoms with Crippen LogP contribution < -0.4 is 10.6 Å². The van der Waals surface area contributed by atoms with Crippen molar-refractivity contribution < 1.29 is 9.59 Å². The molecule has 122 valence electrons. The highest BCUT2D eigenvalue weighted by Crippen LogP contribution is 2.18. The van der Waals surface area contributed by atoms with Crippen molar-refractivity contribution in [3.63, 3.8) is 0 Å². The van der Waals surface area contributed by atoms with Crippen LogP contribution in [0.15, 0.2) is 41.8 Å². The van der Waals surface area contributed by atoms with Gasteiger partial charge in [-0.1, -0.05) is 36.9 Å². The molecule has 0 saturated carbocycles. The SMILES string of the molecule is CC[C@@H](C)NC(=O)NC(=O)CSc1nncn1-c1ccccc1. The minimum atomic E-state index is -0.477. The molecule has 0 aliphatic heterocycles. The molecule has 23 heavy (non-hydrogen) atoms. The number of urea groups is 1. The molecule has 1 atom stereocenters. The van der Waals surface area contributed by atoms with Gasteiger partial charge in [0.05, 0.1) is 5.75 Å². The van der Waals surface area contributed by atoms with Crippen LogP contribution in [0.3, 0.4) is 0 Å². The molecule has 0 saturated heterocycles. The molecule has 0 fully saturated rings. The number of nitrogens with zero attached hydrogens (tertiary/aromatic N) is 3. The van der Waals surface area contributed by atoms with Crippen molar-refractivity contribution in [2.45, 2.75) is 31.5 Å². The van der Waals surface area contributed by atoms with Crippen LogP contribution in [0.4, 0.5) is 4.79 Å². The van der Waals surface area contributed by atoms with Gasteiger partial charge in [0, 0.05) is 11.7 Å². The second kappa shape index (κ2) is 8.33. The zero-order valence-electron chi connectivity index (χ0n) is 13.0. The second-order valence-electron chi connectivity index (χ2n) is 4.94. The maximum atomic E-state index is 11.8. The molecule has 0 radical (unpaired) electrons. The fourth-order valence-electron chi connectivity index (χ4n) is 1.74. The van der Waals surface area contributed by atoms with E-state index < -0.39 is 6.03 Å². The van der Waals surface area contributed by atoms with Crippen LogP contribution in [0.2, 0.25) is 0 Å². The van der Waals surface area contributed by atoms with Crippen LogP contribution in [0.25, 0.3) is 5.69 Å². The number of amides is 3. The Morgan fingerprint density at radius 2 is 2.04 bits per heavy atom. The lowest BCUT2D eigenvalue weighted by atomic mass is 10.3. The standard InChI is InChI=1S/C15H19N5O2S/c1-3-11(2)17-14(22)18-13(21)9-23-15-19-16-10-20(15)12-7-5-4-6-8-12/h4-8,10-11H,3,9H2,1-2H3,(H2,17,18,21,22)/t11-/m1/s1. The van der Waals surface area contributed by atoms with E-state index in [1.165, 1.54) is 11.8 Å². The fraction of sp³-hybridized carbons (Fsp3) is 0.333. The topological polar surface area (TPSA) is 88.9 Å². The van der Waals surface area contributed by atoms with Gasteiger partial charge in [0.15, 0.2) is 5.16 Å². The van der Waals surface area contributed by atoms with Gasteiger partial charge in [-0.2, -0.15) is 0 Å². The quantitative estimate of drug-likeness (QED) is 0.789. The Balaban J connectivity index is 1.88. The minimum Gasteiger partial charge on any atom is -0.335 e. The summed E-state index contributed by atoms with van der Waals surface area (Å²) in [5.41, 5.74) is 0.912. The average Bonchev–Trinajstić information content (AvgIpc) is 3.02. The molecule has 0 spiro atoms. The Labute approximate surface area is 138 Å². The third-order valence-electron chi connectivity index (χ3n) is 3.13. The van der Waals surface area contributed by atoms with Gasteiger partial charge in [-0.05, 0) is 25.5 Å². The number of nitrogens with one attached hydrogen (secondary N) is 2. The molecule has 1 aromatic carbocycles. The maximum Gasteiger partial charge on any atom is 0.321 e. The first-order valence-corrected chi connectivity index (χ1v) is 8.27. The van der Waals surface area contributed by atoms with E-state index in [1.54, 1.807) is 10.9 Å². The van der Waals surface area contributed by atoms with E-state index in [0.717, 1.165) is 12.1 Å². The predicted molar refractivity (Wildman–Crippen MR) is 88.5 cm³/mol. The molecule has 0 bridgehead atoms. The Bertz CT molecular complexity index is 659. The van der Waals surface area contributed by atoms with E-state index in [0.29, 0.717) is 5.16 Å². The molecule has 7 nitrogen and oxygen atoms in total. The van der Waals surface area contributed by atoms with Gasteiger partial charge < -0.3 is 5.32 Å². The van der Waals surface area contributed by atoms with Crippen molar-refractivity contribution in [3.8, 4) is 5.69 Å². The largest absolute Gasteiger partial charge is 0.335 e. The van der Waals surface area contributed by atoms with Gasteiger partial charge in [0.2, 0.25) is 5.91 Å². The lowest BCUT2D eigenvalue weighted by Crippen LogP contribution is -2.43. The fourth-order valence-corrected chi connectivity index (χ4v) is 2.47. The number of imide groups is 1. The number of carbonyl (C=O) groups is 2. The van der Waals surface area contributed by atoms with E-state index >= 15 is 0 Å². The third kappa shape index (κ3) is 5.10. The molecule has 2 rings (SSSR count). The van der Waals surface area contributed by atoms with Crippen molar-refractivity contribution in [2.24, 2.45) is 0 Å². The van der Waals surface area contributed by atoms with Crippen LogP contribution in [0.5, 0.6) is 0 Å². The van der Waals surface area contributed by atoms with E-state index in [-0.39, 0.29) is 17.7 Å². The van der Waals surface area contributed by atoms with Crippen LogP contribution in [0.1, 0.15) is 20.3 Å². The summed E-state index contributed by atoms with van der Waals surface area (Å²) in [6.45, 7) is 3.83. The summed E-state index contributed by atoms with van der Waals surface area (Å²) in [5.74, 6) is -0.294. The first-order chi connectivity index (χ1) is 11.1. The number of aromatic nitrogens is 3. The van der Waals surface area contributed by atoms with Crippen molar-refractivity contribution >= 4 is 23.7 Å². The molecule has 0 aliphatic rings. The van der Waals surface area contributed by atoms with Gasteiger partial charge in [0.25, 0.3) is 0 Å². The number of thioether (sulfide) groups is 1. The van der Waals surface area contributed by atoms with Crippen molar-refractivity contribution in [1.29, 1.82) is 0 Å². The molecule has 1 heterocycles. The number of carbonyl (C=O) groups excluding carboxylic acids is 2. The average molecular weight is 333 g/mol. The van der Waals surface area contributed by atoms with Crippen molar-refractivity contribution in [3.05, 3.63) is 36.7 Å². The van der Waals surface area contributed by atoms with Gasteiger partial charge in [-0.15, -0.1) is 10.2 Å². The van der Waals surface area contributed by atoms with Gasteiger partial charge >= 0.3 is 6.03 Å². The summed E-state index contributed by atoms with van der Waals surface area (Å²) < 4.78 is 1.79. The number of benzene rings is 1. The Morgan fingerprint density at radius 1 is 1.30 bits per heavy atom. The van der Waals surface area contributed by atoms with Gasteiger partial charge in [-0.25, -0.2) is 4.79 Å². The predicted octanol–water partition coefficient (Wildman–Crippen LogP) is 1.98. The number of hydrogen-bond donors (Lipinski definition) is 2. The monoisotopic (exact) mass is 333 g/mol. The summed E-state index contributed by atoms with van der Waals surface area (Å²) in [6, 6.07) is 9.14. The van der Waals surface area contributed by atoms with E-state index in [2.05, 4.69) is 20.8 Å². The van der Waals surface area contributed by atoms with E-state index in [4.69, 9.17) is 0 Å². The Hall–Kier alpha value is -2.35. The van der Waals surface area contributed by atoms with Crippen LogP contribution in [-0.4, -0.2) is 38.5 Å². The summed E-state index contributed by atoms with van der Waals surface area (Å²) in [7, 11) is 0. The maximum absolute atomic E-state index is 11.8. The molecule has 0 unspecified atom stereocenters. The first kappa shape index (κ1) is 17.0. The van der Waals surface area contributed by atoms with E-state index in [9.17, 15) is 9.59 Å². The smallest absolute Gasteiger partial charge is 0.321 e. The minimum absolute atomic E-state index is 0.0247. The molecule has 1 aromatic heterocycles. The van der Waals surface area contributed by atoms with Crippen LogP contribution in [0, 0.1) is 0 Å². The van der Waals surface area contributed by atoms with Gasteiger partial charge in [-0.3, -0.25) is 14.7 Å². The summed E-state index contributed by atoms with van der Waals surface area (Å²) in [5, 5.41) is 13.4. The van der Waals surface area contributed by atoms with Crippen LogP contribution in [-0.2, 0) is 4.79 Å². The number of para-hydroxylation sites is 1. The molecule has 8 heteroatoms. The molecular weight excluding hydrogens is 314 g/mol. The Kier molecular flexibility index (Phi) is 6.16. The lowest BCUT2D eigenvalue weighted by Gasteiger charge is -2.11. The summed E-state index contributed by atoms with van der Waals surface area (Å²) in [6.07, 6.45) is 2.39. The highest BCUT2D eigenvalue weighted by molar-refractivity contribution is 7.99. The molecule has 3 amide bonds. The highest BCUT2D eigenvalue weighted by atomic mass is 32.2. The normalized spacial score (nSPS) is 11.7. The zero-order valence-corrected chi connectivity index (χ0v) is 13.8. The second-order valence-corrected chi connectivity index (χ2v) is 5.88. The molecule has 0 aliphatic carbocycles. The van der Waals surface area contributed by atoms with Gasteiger partial charge in [0.1, 0.15) is 6.33 Å². The molecular formula is C15H19N5O2S. The highest BCUT2D eigenvalue weighted by Gasteiger charge is 2.13. The lowest BCUT2D eigenvalue weighted by molar-refractivity contribution is -0.117. The summed E-state index contributed by atoms with van der Waals surface area (Å²) >= 11 is 1.22. The Morgan fingerprint density at radius 3 is 2.74 bits per heavy atom. The first-order valence-electron chi connectivity index (χ1n) is 7.28. The zero-order chi connectivity index (χ0) is 16.7. The molecule has 2 aromatic rings. The van der Waals surface area contributed by atoms with Crippen molar-refractivity contribution in [2.75, 3.05) is 5.75 Å². The molecule has 2 N–H and O–H groups in total. The van der Waals surface area contributed by atoms with Crippen molar-refractivity contribution in [1.82, 2.24) is 25.4 Å². The number of hydrogen-bond acceptors (Lipinski definition) is 5. The summed E-state index contributed by atoms with van der Waals surface area (Å²) in [4.78, 5) is 23.4.